The number of rotatable bonds is 7. The van der Waals surface area contributed by atoms with Gasteiger partial charge in [0.1, 0.15) is 17.7 Å². The van der Waals surface area contributed by atoms with E-state index < -0.39 is 0 Å². The van der Waals surface area contributed by atoms with Crippen LogP contribution in [0.5, 0.6) is 0 Å². The van der Waals surface area contributed by atoms with E-state index in [0.717, 1.165) is 68.4 Å². The Morgan fingerprint density at radius 3 is 2.77 bits per heavy atom. The van der Waals surface area contributed by atoms with Crippen LogP contribution in [-0.2, 0) is 11.2 Å². The predicted octanol–water partition coefficient (Wildman–Crippen LogP) is 4.52. The molecule has 2 N–H and O–H groups in total. The Morgan fingerprint density at radius 2 is 2.00 bits per heavy atom. The minimum atomic E-state index is -0.142. The van der Waals surface area contributed by atoms with Gasteiger partial charge in [-0.1, -0.05) is 46.0 Å². The molecule has 9 nitrogen and oxygen atoms in total. The molecular weight excluding hydrogens is 500 g/mol. The fourth-order valence-electron chi connectivity index (χ4n) is 7.57. The molecule has 1 spiro atoms. The van der Waals surface area contributed by atoms with Crippen LogP contribution in [0.3, 0.4) is 0 Å². The second-order valence-electron chi connectivity index (χ2n) is 12.7. The summed E-state index contributed by atoms with van der Waals surface area (Å²) in [5, 5.41) is 6.57. The minimum absolute atomic E-state index is 0.0355. The van der Waals surface area contributed by atoms with Gasteiger partial charge in [-0.2, -0.15) is 4.98 Å². The third-order valence-corrected chi connectivity index (χ3v) is 9.84. The third-order valence-electron chi connectivity index (χ3n) is 9.84. The molecule has 2 aromatic rings. The van der Waals surface area contributed by atoms with Gasteiger partial charge in [0.2, 0.25) is 11.9 Å². The van der Waals surface area contributed by atoms with E-state index in [4.69, 9.17) is 9.97 Å². The Morgan fingerprint density at radius 1 is 1.15 bits per heavy atom. The molecule has 3 aliphatic heterocycles. The first-order valence-corrected chi connectivity index (χ1v) is 15.6. The standard InChI is InChI=1S/C31H46N8O/c1-4-8-22(2)17-25-20-38(16-15-37(25)3)24-10-12-27(32-19-24)35-30-33-18-23-9-11-26-29(40)34-21-31(13-6-5-7-14-31)39(26)28(23)36-30/h10,12,18-19,22,25-26H,4-9,11,13-17,20-21H2,1-3H3,(H,34,40)(H,32,33,35,36). The molecule has 216 valence electrons. The fraction of sp³-hybridized carbons (Fsp3) is 0.677. The highest BCUT2D eigenvalue weighted by Crippen LogP contribution is 2.43. The molecule has 9 heteroatoms. The van der Waals surface area contributed by atoms with Gasteiger partial charge in [0.05, 0.1) is 17.4 Å². The summed E-state index contributed by atoms with van der Waals surface area (Å²) in [6, 6.07) is 4.63. The van der Waals surface area contributed by atoms with E-state index in [0.29, 0.717) is 18.5 Å². The topological polar surface area (TPSA) is 89.5 Å². The van der Waals surface area contributed by atoms with E-state index in [2.05, 4.69) is 57.3 Å². The number of amides is 1. The summed E-state index contributed by atoms with van der Waals surface area (Å²) in [4.78, 5) is 34.7. The average Bonchev–Trinajstić information content (AvgIpc) is 2.97. The van der Waals surface area contributed by atoms with Crippen LogP contribution in [0.2, 0.25) is 0 Å². The Bertz CT molecular complexity index is 1180. The predicted molar refractivity (Wildman–Crippen MR) is 160 cm³/mol. The van der Waals surface area contributed by atoms with E-state index in [9.17, 15) is 4.79 Å². The number of aromatic nitrogens is 3. The number of hydrogen-bond acceptors (Lipinski definition) is 8. The van der Waals surface area contributed by atoms with Gasteiger partial charge in [-0.3, -0.25) is 9.69 Å². The summed E-state index contributed by atoms with van der Waals surface area (Å²) in [5.74, 6) is 3.10. The number of nitrogens with zero attached hydrogens (tertiary/aromatic N) is 6. The Hall–Kier alpha value is -2.94. The quantitative estimate of drug-likeness (QED) is 0.524. The third kappa shape index (κ3) is 5.37. The first kappa shape index (κ1) is 27.2. The number of piperazine rings is 2. The van der Waals surface area contributed by atoms with Gasteiger partial charge in [-0.15, -0.1) is 0 Å². The first-order chi connectivity index (χ1) is 19.5. The average molecular weight is 547 g/mol. The van der Waals surface area contributed by atoms with E-state index in [1.54, 1.807) is 0 Å². The van der Waals surface area contributed by atoms with Crippen LogP contribution in [0, 0.1) is 5.92 Å². The summed E-state index contributed by atoms with van der Waals surface area (Å²) in [6.07, 6.45) is 15.2. The van der Waals surface area contributed by atoms with E-state index in [1.807, 2.05) is 18.5 Å². The van der Waals surface area contributed by atoms with Crippen molar-refractivity contribution in [2.75, 3.05) is 48.3 Å². The summed E-state index contributed by atoms with van der Waals surface area (Å²) in [7, 11) is 2.26. The van der Waals surface area contributed by atoms with E-state index in [-0.39, 0.29) is 17.5 Å². The largest absolute Gasteiger partial charge is 0.367 e. The normalized spacial score (nSPS) is 25.2. The van der Waals surface area contributed by atoms with Crippen LogP contribution in [0.1, 0.15) is 77.2 Å². The lowest BCUT2D eigenvalue weighted by molar-refractivity contribution is -0.125. The number of fused-ring (bicyclic) bond motifs is 4. The van der Waals surface area contributed by atoms with Crippen molar-refractivity contribution < 1.29 is 4.79 Å². The molecular formula is C31H46N8O. The monoisotopic (exact) mass is 546 g/mol. The molecule has 1 amide bonds. The van der Waals surface area contributed by atoms with Crippen LogP contribution in [0.4, 0.5) is 23.3 Å². The van der Waals surface area contributed by atoms with Crippen molar-refractivity contribution in [1.29, 1.82) is 0 Å². The van der Waals surface area contributed by atoms with Gasteiger partial charge in [0.25, 0.3) is 0 Å². The van der Waals surface area contributed by atoms with Gasteiger partial charge in [-0.05, 0) is 57.2 Å². The molecule has 5 heterocycles. The Balaban J connectivity index is 1.17. The van der Waals surface area contributed by atoms with Gasteiger partial charge in [-0.25, -0.2) is 9.97 Å². The number of aryl methyl sites for hydroxylation is 1. The molecule has 2 saturated heterocycles. The van der Waals surface area contributed by atoms with E-state index >= 15 is 0 Å². The Kier molecular flexibility index (Phi) is 7.84. The second kappa shape index (κ2) is 11.5. The summed E-state index contributed by atoms with van der Waals surface area (Å²) >= 11 is 0. The lowest BCUT2D eigenvalue weighted by atomic mass is 9.76. The fourth-order valence-corrected chi connectivity index (χ4v) is 7.57. The molecule has 3 atom stereocenters. The number of carbonyl (C=O) groups is 1. The van der Waals surface area contributed by atoms with Crippen LogP contribution in [0.15, 0.2) is 24.5 Å². The van der Waals surface area contributed by atoms with Gasteiger partial charge in [0.15, 0.2) is 0 Å². The molecule has 4 aliphatic rings. The maximum absolute atomic E-state index is 12.9. The zero-order valence-corrected chi connectivity index (χ0v) is 24.5. The molecule has 40 heavy (non-hydrogen) atoms. The number of carbonyl (C=O) groups excluding carboxylic acids is 1. The minimum Gasteiger partial charge on any atom is -0.367 e. The Labute approximate surface area is 239 Å². The number of anilines is 4. The molecule has 2 aromatic heterocycles. The lowest BCUT2D eigenvalue weighted by Crippen LogP contribution is -2.70. The lowest BCUT2D eigenvalue weighted by Gasteiger charge is -2.55. The number of nitrogens with one attached hydrogen (secondary N) is 2. The maximum Gasteiger partial charge on any atom is 0.242 e. The highest BCUT2D eigenvalue weighted by Gasteiger charge is 2.50. The zero-order chi connectivity index (χ0) is 27.7. The first-order valence-electron chi connectivity index (χ1n) is 15.6. The van der Waals surface area contributed by atoms with Crippen LogP contribution in [0.25, 0.3) is 0 Å². The number of hydrogen-bond donors (Lipinski definition) is 2. The molecule has 0 bridgehead atoms. The van der Waals surface area contributed by atoms with Crippen molar-refractivity contribution in [2.45, 2.75) is 95.7 Å². The molecule has 1 saturated carbocycles. The van der Waals surface area contributed by atoms with Crippen molar-refractivity contribution in [3.8, 4) is 0 Å². The van der Waals surface area contributed by atoms with E-state index in [1.165, 1.54) is 44.2 Å². The van der Waals surface area contributed by atoms with Crippen molar-refractivity contribution in [3.05, 3.63) is 30.1 Å². The van der Waals surface area contributed by atoms with Gasteiger partial charge < -0.3 is 20.4 Å². The summed E-state index contributed by atoms with van der Waals surface area (Å²) in [6.45, 7) is 8.50. The smallest absolute Gasteiger partial charge is 0.242 e. The van der Waals surface area contributed by atoms with Crippen molar-refractivity contribution in [2.24, 2.45) is 5.92 Å². The SMILES string of the molecule is CCCC(C)CC1CN(c2ccc(Nc3ncc4c(n3)N3C(CC4)C(=O)NCC34CCCCC4)nc2)CCN1C. The van der Waals surface area contributed by atoms with Crippen molar-refractivity contribution in [3.63, 3.8) is 0 Å². The number of pyridine rings is 1. The molecule has 1 aliphatic carbocycles. The van der Waals surface area contributed by atoms with Crippen LogP contribution >= 0.6 is 0 Å². The van der Waals surface area contributed by atoms with Crippen LogP contribution < -0.4 is 20.4 Å². The molecule has 0 aromatic carbocycles. The molecule has 0 radical (unpaired) electrons. The highest BCUT2D eigenvalue weighted by atomic mass is 16.2. The molecule has 3 unspecified atom stereocenters. The zero-order valence-electron chi connectivity index (χ0n) is 24.5. The molecule has 3 fully saturated rings. The van der Waals surface area contributed by atoms with Gasteiger partial charge in [0, 0.05) is 44.0 Å². The molecule has 6 rings (SSSR count). The second-order valence-corrected chi connectivity index (χ2v) is 12.7. The highest BCUT2D eigenvalue weighted by molar-refractivity contribution is 5.88. The van der Waals surface area contributed by atoms with Crippen molar-refractivity contribution in [1.82, 2.24) is 25.2 Å². The number of likely N-dealkylation sites (N-methyl/N-ethyl adjacent to an activating group) is 1. The van der Waals surface area contributed by atoms with Gasteiger partial charge >= 0.3 is 0 Å². The van der Waals surface area contributed by atoms with Crippen LogP contribution in [-0.4, -0.2) is 76.6 Å². The summed E-state index contributed by atoms with van der Waals surface area (Å²) < 4.78 is 0. The van der Waals surface area contributed by atoms with Crippen molar-refractivity contribution >= 4 is 29.2 Å². The summed E-state index contributed by atoms with van der Waals surface area (Å²) in [5.41, 5.74) is 2.27. The maximum atomic E-state index is 12.9.